The number of methoxy groups -OCH3 is 1. The predicted octanol–water partition coefficient (Wildman–Crippen LogP) is 2.35. The predicted molar refractivity (Wildman–Crippen MR) is 93.4 cm³/mol. The van der Waals surface area contributed by atoms with Gasteiger partial charge in [0, 0.05) is 32.2 Å². The molecule has 1 fully saturated rings. The fourth-order valence-corrected chi connectivity index (χ4v) is 3.00. The molecule has 6 nitrogen and oxygen atoms in total. The van der Waals surface area contributed by atoms with Gasteiger partial charge >= 0.3 is 6.03 Å². The van der Waals surface area contributed by atoms with Gasteiger partial charge in [-0.15, -0.1) is 0 Å². The third-order valence-corrected chi connectivity index (χ3v) is 4.50. The molecule has 2 rings (SSSR count). The Labute approximate surface area is 143 Å². The molecule has 132 valence electrons. The summed E-state index contributed by atoms with van der Waals surface area (Å²) < 4.78 is 5.27. The first-order chi connectivity index (χ1) is 11.6. The van der Waals surface area contributed by atoms with Gasteiger partial charge in [0.05, 0.1) is 12.7 Å². The Morgan fingerprint density at radius 1 is 1.21 bits per heavy atom. The Kier molecular flexibility index (Phi) is 6.46. The lowest BCUT2D eigenvalue weighted by Crippen LogP contribution is -2.50. The second-order valence-corrected chi connectivity index (χ2v) is 5.89. The Balaban J connectivity index is 1.90. The largest absolute Gasteiger partial charge is 0.496 e. The SMILES string of the molecule is CCN(CC)C(=O)NC1CCN(C(=O)c2ccccc2OC)CC1. The van der Waals surface area contributed by atoms with E-state index in [0.717, 1.165) is 12.8 Å². The van der Waals surface area contributed by atoms with E-state index in [9.17, 15) is 9.59 Å². The minimum atomic E-state index is -0.0190. The molecule has 1 heterocycles. The first kappa shape index (κ1) is 18.1. The molecule has 0 spiro atoms. The number of carbonyl (C=O) groups is 2. The van der Waals surface area contributed by atoms with Gasteiger partial charge in [0.2, 0.25) is 0 Å². The molecule has 0 saturated carbocycles. The van der Waals surface area contributed by atoms with Gasteiger partial charge in [-0.25, -0.2) is 4.79 Å². The number of nitrogens with one attached hydrogen (secondary N) is 1. The third kappa shape index (κ3) is 4.19. The van der Waals surface area contributed by atoms with Crippen molar-refractivity contribution in [2.45, 2.75) is 32.7 Å². The van der Waals surface area contributed by atoms with Crippen molar-refractivity contribution in [3.8, 4) is 5.75 Å². The molecule has 1 saturated heterocycles. The number of hydrogen-bond acceptors (Lipinski definition) is 3. The number of ether oxygens (including phenoxy) is 1. The molecular formula is C18H27N3O3. The lowest BCUT2D eigenvalue weighted by atomic mass is 10.0. The van der Waals surface area contributed by atoms with Crippen molar-refractivity contribution < 1.29 is 14.3 Å². The van der Waals surface area contributed by atoms with Crippen molar-refractivity contribution in [3.05, 3.63) is 29.8 Å². The van der Waals surface area contributed by atoms with E-state index in [0.29, 0.717) is 37.5 Å². The number of para-hydroxylation sites is 1. The number of amides is 3. The molecule has 0 aromatic heterocycles. The fraction of sp³-hybridized carbons (Fsp3) is 0.556. The van der Waals surface area contributed by atoms with Gasteiger partial charge in [0.25, 0.3) is 5.91 Å². The first-order valence-electron chi connectivity index (χ1n) is 8.58. The van der Waals surface area contributed by atoms with Crippen LogP contribution in [-0.4, -0.2) is 61.1 Å². The first-order valence-corrected chi connectivity index (χ1v) is 8.58. The summed E-state index contributed by atoms with van der Waals surface area (Å²) in [6.07, 6.45) is 1.54. The summed E-state index contributed by atoms with van der Waals surface area (Å²) in [5.74, 6) is 0.584. The van der Waals surface area contributed by atoms with Crippen LogP contribution in [0.3, 0.4) is 0 Å². The highest BCUT2D eigenvalue weighted by atomic mass is 16.5. The highest BCUT2D eigenvalue weighted by Crippen LogP contribution is 2.21. The molecule has 0 aliphatic carbocycles. The van der Waals surface area contributed by atoms with Crippen LogP contribution in [0, 0.1) is 0 Å². The van der Waals surface area contributed by atoms with Crippen LogP contribution >= 0.6 is 0 Å². The monoisotopic (exact) mass is 333 g/mol. The number of carbonyl (C=O) groups excluding carboxylic acids is 2. The smallest absolute Gasteiger partial charge is 0.317 e. The Hall–Kier alpha value is -2.24. The number of urea groups is 1. The van der Waals surface area contributed by atoms with E-state index in [-0.39, 0.29) is 18.0 Å². The van der Waals surface area contributed by atoms with Gasteiger partial charge < -0.3 is 19.9 Å². The number of nitrogens with zero attached hydrogens (tertiary/aromatic N) is 2. The van der Waals surface area contributed by atoms with Crippen molar-refractivity contribution in [1.82, 2.24) is 15.1 Å². The summed E-state index contributed by atoms with van der Waals surface area (Å²) in [7, 11) is 1.57. The van der Waals surface area contributed by atoms with Gasteiger partial charge in [0.1, 0.15) is 5.75 Å². The van der Waals surface area contributed by atoms with Gasteiger partial charge in [-0.2, -0.15) is 0 Å². The van der Waals surface area contributed by atoms with E-state index in [1.165, 1.54) is 0 Å². The maximum atomic E-state index is 12.7. The molecule has 3 amide bonds. The Morgan fingerprint density at radius 2 is 1.83 bits per heavy atom. The summed E-state index contributed by atoms with van der Waals surface area (Å²) >= 11 is 0. The van der Waals surface area contributed by atoms with Crippen LogP contribution in [0.1, 0.15) is 37.0 Å². The van der Waals surface area contributed by atoms with Gasteiger partial charge in [0.15, 0.2) is 0 Å². The topological polar surface area (TPSA) is 61.9 Å². The molecule has 1 N–H and O–H groups in total. The van der Waals surface area contributed by atoms with Crippen molar-refractivity contribution in [2.75, 3.05) is 33.3 Å². The van der Waals surface area contributed by atoms with Crippen molar-refractivity contribution >= 4 is 11.9 Å². The zero-order valence-corrected chi connectivity index (χ0v) is 14.7. The van der Waals surface area contributed by atoms with Crippen molar-refractivity contribution in [2.24, 2.45) is 0 Å². The molecule has 1 aromatic rings. The standard InChI is InChI=1S/C18H27N3O3/c1-4-20(5-2)18(23)19-14-10-12-21(13-11-14)17(22)15-8-6-7-9-16(15)24-3/h6-9,14H,4-5,10-13H2,1-3H3,(H,19,23). The summed E-state index contributed by atoms with van der Waals surface area (Å²) in [6.45, 7) is 6.62. The molecule has 0 atom stereocenters. The minimum Gasteiger partial charge on any atom is -0.496 e. The highest BCUT2D eigenvalue weighted by molar-refractivity contribution is 5.97. The van der Waals surface area contributed by atoms with Crippen molar-refractivity contribution in [1.29, 1.82) is 0 Å². The van der Waals surface area contributed by atoms with E-state index in [1.54, 1.807) is 24.1 Å². The second-order valence-electron chi connectivity index (χ2n) is 5.89. The normalized spacial score (nSPS) is 15.0. The summed E-state index contributed by atoms with van der Waals surface area (Å²) in [6, 6.07) is 7.38. The molecule has 1 aliphatic heterocycles. The summed E-state index contributed by atoms with van der Waals surface area (Å²) in [4.78, 5) is 28.4. The zero-order chi connectivity index (χ0) is 17.5. The highest BCUT2D eigenvalue weighted by Gasteiger charge is 2.26. The molecule has 1 aromatic carbocycles. The molecule has 24 heavy (non-hydrogen) atoms. The quantitative estimate of drug-likeness (QED) is 0.900. The average molecular weight is 333 g/mol. The maximum Gasteiger partial charge on any atom is 0.317 e. The van der Waals surface area contributed by atoms with Gasteiger partial charge in [-0.3, -0.25) is 4.79 Å². The van der Waals surface area contributed by atoms with Crippen LogP contribution in [0.5, 0.6) is 5.75 Å². The number of benzene rings is 1. The van der Waals surface area contributed by atoms with E-state index < -0.39 is 0 Å². The van der Waals surface area contributed by atoms with Crippen molar-refractivity contribution in [3.63, 3.8) is 0 Å². The second kappa shape index (κ2) is 8.57. The van der Waals surface area contributed by atoms with Crippen LogP contribution in [-0.2, 0) is 0 Å². The van der Waals surface area contributed by atoms with Crippen LogP contribution in [0.2, 0.25) is 0 Å². The summed E-state index contributed by atoms with van der Waals surface area (Å²) in [5.41, 5.74) is 0.589. The molecule has 0 bridgehead atoms. The number of piperidine rings is 1. The molecule has 0 unspecified atom stereocenters. The molecule has 1 aliphatic rings. The number of hydrogen-bond donors (Lipinski definition) is 1. The fourth-order valence-electron chi connectivity index (χ4n) is 3.00. The average Bonchev–Trinajstić information content (AvgIpc) is 2.62. The lowest BCUT2D eigenvalue weighted by molar-refractivity contribution is 0.0703. The minimum absolute atomic E-state index is 0.0130. The van der Waals surface area contributed by atoms with Gasteiger partial charge in [-0.05, 0) is 38.8 Å². The van der Waals surface area contributed by atoms with Crippen LogP contribution < -0.4 is 10.1 Å². The zero-order valence-electron chi connectivity index (χ0n) is 14.7. The molecule has 6 heteroatoms. The summed E-state index contributed by atoms with van der Waals surface area (Å²) in [5, 5.41) is 3.07. The molecular weight excluding hydrogens is 306 g/mol. The maximum absolute atomic E-state index is 12.7. The van der Waals surface area contributed by atoms with E-state index in [4.69, 9.17) is 4.74 Å². The molecule has 0 radical (unpaired) electrons. The Morgan fingerprint density at radius 3 is 2.42 bits per heavy atom. The van der Waals surface area contributed by atoms with E-state index in [1.807, 2.05) is 30.9 Å². The number of likely N-dealkylation sites (tertiary alicyclic amines) is 1. The van der Waals surface area contributed by atoms with Crippen LogP contribution in [0.25, 0.3) is 0 Å². The van der Waals surface area contributed by atoms with Crippen LogP contribution in [0.15, 0.2) is 24.3 Å². The van der Waals surface area contributed by atoms with E-state index in [2.05, 4.69) is 5.32 Å². The lowest BCUT2D eigenvalue weighted by Gasteiger charge is -2.33. The van der Waals surface area contributed by atoms with Gasteiger partial charge in [-0.1, -0.05) is 12.1 Å². The number of rotatable bonds is 5. The van der Waals surface area contributed by atoms with Crippen LogP contribution in [0.4, 0.5) is 4.79 Å². The van der Waals surface area contributed by atoms with E-state index >= 15 is 0 Å². The Bertz CT molecular complexity index is 564. The third-order valence-electron chi connectivity index (χ3n) is 4.50.